The molecule has 3 aromatic rings. The minimum atomic E-state index is -1.70. The summed E-state index contributed by atoms with van der Waals surface area (Å²) >= 11 is 1.22. The highest BCUT2D eigenvalue weighted by molar-refractivity contribution is 7.13. The monoisotopic (exact) mass is 421 g/mol. The van der Waals surface area contributed by atoms with E-state index >= 15 is 0 Å². The minimum absolute atomic E-state index is 0.0858. The highest BCUT2D eigenvalue weighted by atomic mass is 32.1. The number of carbonyl (C=O) groups is 2. The first-order valence-electron chi connectivity index (χ1n) is 8.21. The number of methoxy groups -OCH3 is 1. The third-order valence-corrected chi connectivity index (χ3v) is 4.67. The number of halogens is 3. The Morgan fingerprint density at radius 3 is 2.62 bits per heavy atom. The Kier molecular flexibility index (Phi) is 6.13. The van der Waals surface area contributed by atoms with Crippen molar-refractivity contribution in [1.82, 2.24) is 10.3 Å². The van der Waals surface area contributed by atoms with Crippen LogP contribution in [0.3, 0.4) is 0 Å². The molecule has 0 aliphatic heterocycles. The van der Waals surface area contributed by atoms with Crippen LogP contribution in [-0.2, 0) is 4.79 Å². The van der Waals surface area contributed by atoms with Gasteiger partial charge >= 0.3 is 0 Å². The molecule has 0 unspecified atom stereocenters. The molecule has 2 amide bonds. The fourth-order valence-electron chi connectivity index (χ4n) is 2.39. The van der Waals surface area contributed by atoms with Crippen LogP contribution >= 0.6 is 11.3 Å². The fourth-order valence-corrected chi connectivity index (χ4v) is 3.22. The predicted octanol–water partition coefficient (Wildman–Crippen LogP) is 3.60. The molecule has 0 bridgehead atoms. The molecule has 150 valence electrons. The summed E-state index contributed by atoms with van der Waals surface area (Å²) in [6.07, 6.45) is 0. The van der Waals surface area contributed by atoms with Gasteiger partial charge in [-0.15, -0.1) is 11.3 Å². The average Bonchev–Trinajstić information content (AvgIpc) is 3.22. The fraction of sp³-hybridized carbons (Fsp3) is 0.105. The first-order valence-corrected chi connectivity index (χ1v) is 9.09. The van der Waals surface area contributed by atoms with Crippen molar-refractivity contribution >= 4 is 28.8 Å². The molecule has 0 spiro atoms. The molecule has 0 aliphatic carbocycles. The Morgan fingerprint density at radius 1 is 1.10 bits per heavy atom. The summed E-state index contributed by atoms with van der Waals surface area (Å²) in [5.41, 5.74) is 0.267. The molecule has 3 rings (SSSR count). The molecule has 2 aromatic carbocycles. The number of ether oxygens (including phenoxy) is 1. The van der Waals surface area contributed by atoms with E-state index in [9.17, 15) is 22.8 Å². The summed E-state index contributed by atoms with van der Waals surface area (Å²) in [4.78, 5) is 28.3. The number of benzene rings is 2. The quantitative estimate of drug-likeness (QED) is 0.596. The van der Waals surface area contributed by atoms with E-state index in [4.69, 9.17) is 4.74 Å². The topological polar surface area (TPSA) is 80.3 Å². The number of anilines is 1. The van der Waals surface area contributed by atoms with E-state index in [1.807, 2.05) is 0 Å². The van der Waals surface area contributed by atoms with Crippen LogP contribution in [-0.4, -0.2) is 30.5 Å². The van der Waals surface area contributed by atoms with E-state index in [1.165, 1.54) is 23.8 Å². The van der Waals surface area contributed by atoms with Crippen LogP contribution in [0.2, 0.25) is 0 Å². The number of hydrogen-bond acceptors (Lipinski definition) is 5. The lowest BCUT2D eigenvalue weighted by molar-refractivity contribution is -0.115. The molecule has 0 saturated heterocycles. The zero-order chi connectivity index (χ0) is 21.0. The lowest BCUT2D eigenvalue weighted by Crippen LogP contribution is -2.33. The molecular formula is C19H14F3N3O3S. The first kappa shape index (κ1) is 20.3. The maximum absolute atomic E-state index is 13.6. The Balaban J connectivity index is 1.62. The second-order valence-corrected chi connectivity index (χ2v) is 6.55. The zero-order valence-corrected chi connectivity index (χ0v) is 15.8. The molecule has 0 atom stereocenters. The molecule has 0 fully saturated rings. The number of para-hydroxylation sites is 1. The van der Waals surface area contributed by atoms with Gasteiger partial charge in [0.1, 0.15) is 16.5 Å². The van der Waals surface area contributed by atoms with Crippen LogP contribution in [0.4, 0.5) is 18.9 Å². The largest absolute Gasteiger partial charge is 0.496 e. The van der Waals surface area contributed by atoms with Gasteiger partial charge in [-0.3, -0.25) is 9.59 Å². The standard InChI is InChI=1S/C19H14F3N3O3S/c1-28-14-5-3-2-4-10(14)19-25-13(9-29-19)18(27)23-8-15(26)24-12-7-6-11(20)16(21)17(12)22/h2-7,9H,8H2,1H3,(H,23,27)(H,24,26). The van der Waals surface area contributed by atoms with Crippen molar-refractivity contribution < 1.29 is 27.5 Å². The van der Waals surface area contributed by atoms with Crippen LogP contribution in [0.1, 0.15) is 10.5 Å². The van der Waals surface area contributed by atoms with Gasteiger partial charge in [-0.1, -0.05) is 12.1 Å². The average molecular weight is 421 g/mol. The summed E-state index contributed by atoms with van der Waals surface area (Å²) in [5, 5.41) is 6.47. The molecule has 29 heavy (non-hydrogen) atoms. The van der Waals surface area contributed by atoms with Crippen LogP contribution in [0, 0.1) is 17.5 Å². The van der Waals surface area contributed by atoms with Crippen molar-refractivity contribution in [2.24, 2.45) is 0 Å². The van der Waals surface area contributed by atoms with Crippen LogP contribution in [0.25, 0.3) is 10.6 Å². The number of nitrogens with zero attached hydrogens (tertiary/aromatic N) is 1. The van der Waals surface area contributed by atoms with Gasteiger partial charge < -0.3 is 15.4 Å². The van der Waals surface area contributed by atoms with Crippen LogP contribution < -0.4 is 15.4 Å². The third kappa shape index (κ3) is 4.54. The summed E-state index contributed by atoms with van der Waals surface area (Å²) in [5.74, 6) is -5.43. The van der Waals surface area contributed by atoms with E-state index in [0.717, 1.165) is 6.07 Å². The lowest BCUT2D eigenvalue weighted by atomic mass is 10.2. The zero-order valence-electron chi connectivity index (χ0n) is 15.0. The lowest BCUT2D eigenvalue weighted by Gasteiger charge is -2.08. The van der Waals surface area contributed by atoms with Gasteiger partial charge in [0.25, 0.3) is 5.91 Å². The normalized spacial score (nSPS) is 10.5. The molecule has 0 aliphatic rings. The second kappa shape index (κ2) is 8.74. The van der Waals surface area contributed by atoms with Gasteiger partial charge in [-0.2, -0.15) is 0 Å². The van der Waals surface area contributed by atoms with Crippen molar-refractivity contribution in [1.29, 1.82) is 0 Å². The van der Waals surface area contributed by atoms with Crippen molar-refractivity contribution in [3.63, 3.8) is 0 Å². The van der Waals surface area contributed by atoms with E-state index in [-0.39, 0.29) is 5.69 Å². The Bertz CT molecular complexity index is 1070. The number of thiazole rings is 1. The Morgan fingerprint density at radius 2 is 1.86 bits per heavy atom. The maximum atomic E-state index is 13.6. The smallest absolute Gasteiger partial charge is 0.271 e. The number of amides is 2. The molecule has 0 radical (unpaired) electrons. The molecular weight excluding hydrogens is 407 g/mol. The van der Waals surface area contributed by atoms with Gasteiger partial charge in [-0.25, -0.2) is 18.2 Å². The van der Waals surface area contributed by atoms with E-state index < -0.39 is 41.5 Å². The highest BCUT2D eigenvalue weighted by Crippen LogP contribution is 2.31. The number of rotatable bonds is 6. The van der Waals surface area contributed by atoms with Crippen molar-refractivity contribution in [2.45, 2.75) is 0 Å². The number of carbonyl (C=O) groups excluding carboxylic acids is 2. The van der Waals surface area contributed by atoms with Crippen molar-refractivity contribution in [3.8, 4) is 16.3 Å². The van der Waals surface area contributed by atoms with E-state index in [2.05, 4.69) is 15.6 Å². The van der Waals surface area contributed by atoms with Crippen LogP contribution in [0.5, 0.6) is 5.75 Å². The number of nitrogens with one attached hydrogen (secondary N) is 2. The van der Waals surface area contributed by atoms with E-state index in [1.54, 1.807) is 24.3 Å². The molecule has 1 heterocycles. The summed E-state index contributed by atoms with van der Waals surface area (Å²) in [6, 6.07) is 8.73. The molecule has 2 N–H and O–H groups in total. The van der Waals surface area contributed by atoms with Gasteiger partial charge in [0.2, 0.25) is 5.91 Å². The van der Waals surface area contributed by atoms with Gasteiger partial charge in [0.15, 0.2) is 17.5 Å². The first-order chi connectivity index (χ1) is 13.9. The van der Waals surface area contributed by atoms with E-state index in [0.29, 0.717) is 22.4 Å². The highest BCUT2D eigenvalue weighted by Gasteiger charge is 2.17. The van der Waals surface area contributed by atoms with Gasteiger partial charge in [0.05, 0.1) is 24.9 Å². The second-order valence-electron chi connectivity index (χ2n) is 5.69. The molecule has 6 nitrogen and oxygen atoms in total. The molecule has 1 aromatic heterocycles. The summed E-state index contributed by atoms with van der Waals surface area (Å²) in [7, 11) is 1.52. The molecule has 10 heteroatoms. The van der Waals surface area contributed by atoms with Gasteiger partial charge in [0, 0.05) is 5.38 Å². The van der Waals surface area contributed by atoms with Crippen LogP contribution in [0.15, 0.2) is 41.8 Å². The predicted molar refractivity (Wildman–Crippen MR) is 101 cm³/mol. The Hall–Kier alpha value is -3.40. The number of hydrogen-bond donors (Lipinski definition) is 2. The summed E-state index contributed by atoms with van der Waals surface area (Å²) < 4.78 is 44.9. The third-order valence-electron chi connectivity index (χ3n) is 3.79. The minimum Gasteiger partial charge on any atom is -0.496 e. The maximum Gasteiger partial charge on any atom is 0.271 e. The van der Waals surface area contributed by atoms with Crippen molar-refractivity contribution in [3.05, 3.63) is 64.9 Å². The Labute approximate surface area is 167 Å². The summed E-state index contributed by atoms with van der Waals surface area (Å²) in [6.45, 7) is -0.515. The van der Waals surface area contributed by atoms with Crippen molar-refractivity contribution in [2.75, 3.05) is 19.0 Å². The van der Waals surface area contributed by atoms with Gasteiger partial charge in [-0.05, 0) is 24.3 Å². The SMILES string of the molecule is COc1ccccc1-c1nc(C(=O)NCC(=O)Nc2ccc(F)c(F)c2F)cs1. The molecule has 0 saturated carbocycles. The number of aromatic nitrogens is 1.